The van der Waals surface area contributed by atoms with Gasteiger partial charge in [-0.1, -0.05) is 74.4 Å². The van der Waals surface area contributed by atoms with Gasteiger partial charge in [-0.05, 0) is 41.0 Å². The molecule has 2 aliphatic carbocycles. The number of alkyl carbamates (subject to hydrolysis) is 1. The van der Waals surface area contributed by atoms with Gasteiger partial charge in [0.1, 0.15) is 12.1 Å². The van der Waals surface area contributed by atoms with E-state index in [1.165, 1.54) is 6.08 Å². The van der Waals surface area contributed by atoms with Crippen molar-refractivity contribution in [2.45, 2.75) is 44.1 Å². The number of fused-ring (bicyclic) bond motifs is 3. The fourth-order valence-corrected chi connectivity index (χ4v) is 5.24. The number of carboxylic acids is 1. The zero-order chi connectivity index (χ0) is 24.1. The maximum atomic E-state index is 13.1. The van der Waals surface area contributed by atoms with Crippen LogP contribution in [-0.4, -0.2) is 41.8 Å². The standard InChI is InChI=1S/C27H30N2O5/c1-18-8-6-14-27(16-18,25(32)28-15-7-13-24(30)31)29-26(33)34-17-23-21-11-4-2-9-19(21)20-10-3-5-12-22(20)23/h2-5,7,9-13,18,23H,6,8,14-17H2,1H3,(H,28,32)(H,29,33)(H,30,31)/b13-7+. The van der Waals surface area contributed by atoms with Gasteiger partial charge in [-0.2, -0.15) is 0 Å². The Morgan fingerprint density at radius 2 is 1.74 bits per heavy atom. The smallest absolute Gasteiger partial charge is 0.408 e. The zero-order valence-corrected chi connectivity index (χ0v) is 19.3. The van der Waals surface area contributed by atoms with E-state index >= 15 is 0 Å². The molecule has 0 spiro atoms. The molecule has 0 radical (unpaired) electrons. The summed E-state index contributed by atoms with van der Waals surface area (Å²) in [6, 6.07) is 16.3. The Kier molecular flexibility index (Phi) is 7.01. The first-order valence-electron chi connectivity index (χ1n) is 11.7. The molecule has 1 saturated carbocycles. The monoisotopic (exact) mass is 462 g/mol. The number of carboxylic acid groups (broad SMARTS) is 1. The van der Waals surface area contributed by atoms with Crippen molar-refractivity contribution < 1.29 is 24.2 Å². The van der Waals surface area contributed by atoms with Crippen molar-refractivity contribution in [3.05, 3.63) is 71.8 Å². The van der Waals surface area contributed by atoms with E-state index in [1.54, 1.807) is 0 Å². The Morgan fingerprint density at radius 3 is 2.35 bits per heavy atom. The van der Waals surface area contributed by atoms with Crippen LogP contribution in [0.1, 0.15) is 49.7 Å². The molecule has 2 aromatic carbocycles. The van der Waals surface area contributed by atoms with Crippen LogP contribution >= 0.6 is 0 Å². The maximum absolute atomic E-state index is 13.1. The van der Waals surface area contributed by atoms with Crippen molar-refractivity contribution in [1.29, 1.82) is 0 Å². The number of carbonyl (C=O) groups excluding carboxylic acids is 2. The van der Waals surface area contributed by atoms with Gasteiger partial charge in [0.25, 0.3) is 0 Å². The zero-order valence-electron chi connectivity index (χ0n) is 19.3. The molecule has 7 heteroatoms. The van der Waals surface area contributed by atoms with Crippen molar-refractivity contribution in [3.63, 3.8) is 0 Å². The van der Waals surface area contributed by atoms with Gasteiger partial charge in [-0.25, -0.2) is 9.59 Å². The highest BCUT2D eigenvalue weighted by Crippen LogP contribution is 2.44. The minimum atomic E-state index is -1.08. The SMILES string of the molecule is CC1CCCC(NC(=O)OCC2c3ccccc3-c3ccccc32)(C(=O)NC/C=C/C(=O)O)C1. The van der Waals surface area contributed by atoms with E-state index in [9.17, 15) is 14.4 Å². The summed E-state index contributed by atoms with van der Waals surface area (Å²) in [6.07, 6.45) is 4.54. The third-order valence-electron chi connectivity index (χ3n) is 6.76. The molecule has 34 heavy (non-hydrogen) atoms. The van der Waals surface area contributed by atoms with Crippen LogP contribution in [0.3, 0.4) is 0 Å². The molecule has 0 aliphatic heterocycles. The quantitative estimate of drug-likeness (QED) is 0.534. The lowest BCUT2D eigenvalue weighted by Gasteiger charge is -2.38. The van der Waals surface area contributed by atoms with Crippen LogP contribution in [0.2, 0.25) is 0 Å². The van der Waals surface area contributed by atoms with Crippen LogP contribution in [0.5, 0.6) is 0 Å². The van der Waals surface area contributed by atoms with Crippen molar-refractivity contribution in [2.75, 3.05) is 13.2 Å². The number of rotatable bonds is 7. The molecule has 4 rings (SSSR count). The van der Waals surface area contributed by atoms with E-state index in [4.69, 9.17) is 9.84 Å². The van der Waals surface area contributed by atoms with Gasteiger partial charge in [0.05, 0.1) is 0 Å². The Bertz CT molecular complexity index is 1070. The number of benzene rings is 2. The molecule has 2 aliphatic rings. The number of nitrogens with one attached hydrogen (secondary N) is 2. The lowest BCUT2D eigenvalue weighted by Crippen LogP contribution is -2.60. The summed E-state index contributed by atoms with van der Waals surface area (Å²) in [7, 11) is 0. The van der Waals surface area contributed by atoms with E-state index < -0.39 is 17.6 Å². The number of hydrogen-bond donors (Lipinski definition) is 3. The normalized spacial score (nSPS) is 21.5. The predicted octanol–water partition coefficient (Wildman–Crippen LogP) is 4.23. The summed E-state index contributed by atoms with van der Waals surface area (Å²) in [5.74, 6) is -1.19. The van der Waals surface area contributed by atoms with E-state index in [1.807, 2.05) is 24.3 Å². The summed E-state index contributed by atoms with van der Waals surface area (Å²) < 4.78 is 5.69. The Hall–Kier alpha value is -3.61. The number of amides is 2. The van der Waals surface area contributed by atoms with Crippen molar-refractivity contribution in [2.24, 2.45) is 5.92 Å². The van der Waals surface area contributed by atoms with Crippen LogP contribution in [0.15, 0.2) is 60.7 Å². The third-order valence-corrected chi connectivity index (χ3v) is 6.76. The molecule has 0 saturated heterocycles. The second-order valence-corrected chi connectivity index (χ2v) is 9.18. The van der Waals surface area contributed by atoms with Crippen LogP contribution in [0.4, 0.5) is 4.79 Å². The molecular weight excluding hydrogens is 432 g/mol. The maximum Gasteiger partial charge on any atom is 0.408 e. The Morgan fingerprint density at radius 1 is 1.09 bits per heavy atom. The molecule has 7 nitrogen and oxygen atoms in total. The molecule has 2 unspecified atom stereocenters. The molecule has 178 valence electrons. The third kappa shape index (κ3) is 4.98. The van der Waals surface area contributed by atoms with Gasteiger partial charge in [0.2, 0.25) is 5.91 Å². The molecule has 0 aromatic heterocycles. The fourth-order valence-electron chi connectivity index (χ4n) is 5.24. The van der Waals surface area contributed by atoms with Gasteiger partial charge in [0, 0.05) is 18.5 Å². The summed E-state index contributed by atoms with van der Waals surface area (Å²) in [4.78, 5) is 36.7. The molecular formula is C27H30N2O5. The van der Waals surface area contributed by atoms with Gasteiger partial charge >= 0.3 is 12.1 Å². The van der Waals surface area contributed by atoms with Crippen LogP contribution in [0.25, 0.3) is 11.1 Å². The molecule has 1 fully saturated rings. The highest BCUT2D eigenvalue weighted by atomic mass is 16.5. The number of ether oxygens (including phenoxy) is 1. The summed E-state index contributed by atoms with van der Waals surface area (Å²) in [5.41, 5.74) is 3.48. The van der Waals surface area contributed by atoms with E-state index in [2.05, 4.69) is 41.8 Å². The highest BCUT2D eigenvalue weighted by Gasteiger charge is 2.43. The van der Waals surface area contributed by atoms with Gasteiger partial charge in [-0.3, -0.25) is 4.79 Å². The number of carbonyl (C=O) groups is 3. The topological polar surface area (TPSA) is 105 Å². The van der Waals surface area contributed by atoms with Crippen LogP contribution in [0, 0.1) is 5.92 Å². The fraction of sp³-hybridized carbons (Fsp3) is 0.370. The first-order valence-corrected chi connectivity index (χ1v) is 11.7. The average Bonchev–Trinajstić information content (AvgIpc) is 3.14. The van der Waals surface area contributed by atoms with Gasteiger partial charge in [-0.15, -0.1) is 0 Å². The van der Waals surface area contributed by atoms with Crippen molar-refractivity contribution >= 4 is 18.0 Å². The van der Waals surface area contributed by atoms with E-state index in [-0.39, 0.29) is 30.9 Å². The van der Waals surface area contributed by atoms with Crippen LogP contribution < -0.4 is 10.6 Å². The lowest BCUT2D eigenvalue weighted by molar-refractivity contribution is -0.131. The molecule has 2 aromatic rings. The molecule has 2 amide bonds. The minimum Gasteiger partial charge on any atom is -0.478 e. The molecule has 0 heterocycles. The Balaban J connectivity index is 1.44. The lowest BCUT2D eigenvalue weighted by atomic mass is 9.75. The highest BCUT2D eigenvalue weighted by molar-refractivity contribution is 5.90. The summed E-state index contributed by atoms with van der Waals surface area (Å²) in [6.45, 7) is 2.31. The van der Waals surface area contributed by atoms with Crippen molar-refractivity contribution in [1.82, 2.24) is 10.6 Å². The number of aliphatic carboxylic acids is 1. The average molecular weight is 463 g/mol. The van der Waals surface area contributed by atoms with Crippen molar-refractivity contribution in [3.8, 4) is 11.1 Å². The summed E-state index contributed by atoms with van der Waals surface area (Å²) in [5, 5.41) is 14.3. The Labute approximate surface area is 199 Å². The minimum absolute atomic E-state index is 0.0608. The first-order chi connectivity index (χ1) is 16.4. The first kappa shape index (κ1) is 23.5. The molecule has 2 atom stereocenters. The second kappa shape index (κ2) is 10.1. The largest absolute Gasteiger partial charge is 0.478 e. The predicted molar refractivity (Wildman–Crippen MR) is 128 cm³/mol. The van der Waals surface area contributed by atoms with Gasteiger partial charge in [0.15, 0.2) is 0 Å². The van der Waals surface area contributed by atoms with Crippen LogP contribution in [-0.2, 0) is 14.3 Å². The second-order valence-electron chi connectivity index (χ2n) is 9.18. The summed E-state index contributed by atoms with van der Waals surface area (Å²) >= 11 is 0. The van der Waals surface area contributed by atoms with E-state index in [0.29, 0.717) is 12.8 Å². The van der Waals surface area contributed by atoms with Gasteiger partial charge < -0.3 is 20.5 Å². The number of hydrogen-bond acceptors (Lipinski definition) is 4. The van der Waals surface area contributed by atoms with E-state index in [0.717, 1.165) is 41.2 Å². The molecule has 3 N–H and O–H groups in total. The molecule has 0 bridgehead atoms.